The van der Waals surface area contributed by atoms with Gasteiger partial charge in [0.15, 0.2) is 0 Å². The molecule has 7 nitrogen and oxygen atoms in total. The van der Waals surface area contributed by atoms with Gasteiger partial charge in [-0.15, -0.1) is 0 Å². The average molecular weight is 343 g/mol. The number of thiol groups is 1. The summed E-state index contributed by atoms with van der Waals surface area (Å²) in [7, 11) is 0. The molecule has 104 valence electrons. The van der Waals surface area contributed by atoms with Crippen molar-refractivity contribution in [3.63, 3.8) is 0 Å². The number of carboxylic acid groups (broad SMARTS) is 2. The van der Waals surface area contributed by atoms with Crippen LogP contribution < -0.4 is 10.1 Å². The Morgan fingerprint density at radius 2 is 1.94 bits per heavy atom. The van der Waals surface area contributed by atoms with E-state index < -0.39 is 24.0 Å². The van der Waals surface area contributed by atoms with Gasteiger partial charge in [0, 0.05) is 0 Å². The van der Waals surface area contributed by atoms with Crippen molar-refractivity contribution in [3.05, 3.63) is 0 Å². The Labute approximate surface area is 116 Å². The van der Waals surface area contributed by atoms with Gasteiger partial charge in [0.2, 0.25) is 0 Å². The Morgan fingerprint density at radius 1 is 1.33 bits per heavy atom. The average Bonchev–Trinajstić information content (AvgIpc) is 2.30. The number of carbonyl (C=O) groups is 3. The van der Waals surface area contributed by atoms with Gasteiger partial charge in [0.1, 0.15) is 0 Å². The summed E-state index contributed by atoms with van der Waals surface area (Å²) in [4.78, 5) is 32.4. The van der Waals surface area contributed by atoms with Gasteiger partial charge in [-0.2, -0.15) is 0 Å². The molecule has 0 amide bonds. The molecule has 0 rings (SSSR count). The number of rotatable bonds is 10. The van der Waals surface area contributed by atoms with Crippen molar-refractivity contribution in [2.75, 3.05) is 5.75 Å². The van der Waals surface area contributed by atoms with Crippen LogP contribution in [-0.4, -0.2) is 60.9 Å². The van der Waals surface area contributed by atoms with E-state index in [0.29, 0.717) is 0 Å². The summed E-state index contributed by atoms with van der Waals surface area (Å²) in [6.07, 6.45) is -0.0547. The number of hydrogen-bond donors (Lipinski definition) is 5. The van der Waals surface area contributed by atoms with Crippen molar-refractivity contribution < 1.29 is 24.6 Å². The van der Waals surface area contributed by atoms with E-state index in [9.17, 15) is 14.4 Å². The van der Waals surface area contributed by atoms with E-state index in [-0.39, 0.29) is 44.9 Å². The van der Waals surface area contributed by atoms with Gasteiger partial charge in [0.05, 0.1) is 0 Å². The molecule has 0 aromatic rings. The van der Waals surface area contributed by atoms with E-state index in [1.807, 2.05) is 0 Å². The Hall–Kier alpha value is -0.601. The second kappa shape index (κ2) is 9.35. The molecule has 0 aliphatic rings. The van der Waals surface area contributed by atoms with Crippen LogP contribution in [0.5, 0.6) is 0 Å². The number of carbonyl (C=O) groups excluding carboxylic acids is 1. The molecule has 0 saturated carbocycles. The van der Waals surface area contributed by atoms with E-state index in [1.54, 1.807) is 0 Å². The molecule has 0 fully saturated rings. The van der Waals surface area contributed by atoms with E-state index in [4.69, 9.17) is 15.9 Å². The molecule has 2 atom stereocenters. The third-order valence-electron chi connectivity index (χ3n) is 2.00. The summed E-state index contributed by atoms with van der Waals surface area (Å²) in [6.45, 7) is 0. The van der Waals surface area contributed by atoms with Crippen molar-refractivity contribution in [2.24, 2.45) is 5.73 Å². The van der Waals surface area contributed by atoms with E-state index in [1.165, 1.54) is 0 Å². The first-order valence-corrected chi connectivity index (χ1v) is 7.79. The molecule has 18 heavy (non-hydrogen) atoms. The standard InChI is InChI=1S/C9H16N2O5SSe/c10-5(1-2-8(13)14)7(12)4-18-11-6(3-17)9(15)16/h5-6,11,17H,1-4,10H2,(H,13,14)(H,15,16)/t5-,6-/m0/s1. The van der Waals surface area contributed by atoms with Gasteiger partial charge >= 0.3 is 116 Å². The van der Waals surface area contributed by atoms with Crippen molar-refractivity contribution in [2.45, 2.75) is 30.2 Å². The van der Waals surface area contributed by atoms with Crippen LogP contribution in [0, 0.1) is 0 Å². The second-order valence-electron chi connectivity index (χ2n) is 3.49. The molecule has 0 radical (unpaired) electrons. The van der Waals surface area contributed by atoms with Crippen LogP contribution in [0.1, 0.15) is 12.8 Å². The summed E-state index contributed by atoms with van der Waals surface area (Å²) in [5.74, 6) is -2.14. The van der Waals surface area contributed by atoms with E-state index in [0.717, 1.165) is 0 Å². The molecular formula is C9H16N2O5SSe. The van der Waals surface area contributed by atoms with Crippen molar-refractivity contribution in [1.29, 1.82) is 0 Å². The molecule has 0 aliphatic heterocycles. The van der Waals surface area contributed by atoms with Gasteiger partial charge in [-0.25, -0.2) is 0 Å². The number of nitrogens with one attached hydrogen (secondary N) is 1. The van der Waals surface area contributed by atoms with E-state index >= 15 is 0 Å². The Kier molecular flexibility index (Phi) is 9.03. The molecule has 0 bridgehead atoms. The quantitative estimate of drug-likeness (QED) is 0.248. The van der Waals surface area contributed by atoms with Crippen molar-refractivity contribution in [1.82, 2.24) is 4.33 Å². The third kappa shape index (κ3) is 7.67. The van der Waals surface area contributed by atoms with Gasteiger partial charge in [-0.05, 0) is 0 Å². The fourth-order valence-electron chi connectivity index (χ4n) is 0.926. The fraction of sp³-hybridized carbons (Fsp3) is 0.667. The van der Waals surface area contributed by atoms with Gasteiger partial charge in [-0.3, -0.25) is 0 Å². The zero-order chi connectivity index (χ0) is 14.1. The number of carboxylic acids is 2. The Bertz CT molecular complexity index is 315. The van der Waals surface area contributed by atoms with Gasteiger partial charge < -0.3 is 0 Å². The summed E-state index contributed by atoms with van der Waals surface area (Å²) in [6, 6.07) is -1.58. The molecule has 0 aromatic heterocycles. The van der Waals surface area contributed by atoms with Crippen LogP contribution >= 0.6 is 12.6 Å². The van der Waals surface area contributed by atoms with Crippen molar-refractivity contribution in [3.8, 4) is 0 Å². The van der Waals surface area contributed by atoms with Crippen LogP contribution in [0.15, 0.2) is 0 Å². The predicted molar refractivity (Wildman–Crippen MR) is 68.8 cm³/mol. The first-order valence-electron chi connectivity index (χ1n) is 5.09. The van der Waals surface area contributed by atoms with Crippen LogP contribution in [0.25, 0.3) is 0 Å². The molecular weight excluding hydrogens is 327 g/mol. The second-order valence-corrected chi connectivity index (χ2v) is 5.56. The summed E-state index contributed by atoms with van der Waals surface area (Å²) in [5.41, 5.74) is 5.51. The minimum absolute atomic E-state index is 0.0964. The monoisotopic (exact) mass is 344 g/mol. The zero-order valence-corrected chi connectivity index (χ0v) is 12.1. The summed E-state index contributed by atoms with van der Waals surface area (Å²) < 4.78 is 2.71. The number of hydrogen-bond acceptors (Lipinski definition) is 6. The summed E-state index contributed by atoms with van der Waals surface area (Å²) in [5, 5.41) is 17.3. The Morgan fingerprint density at radius 3 is 2.39 bits per heavy atom. The van der Waals surface area contributed by atoms with Crippen LogP contribution in [0.3, 0.4) is 0 Å². The first kappa shape index (κ1) is 17.4. The molecule has 0 heterocycles. The molecule has 0 saturated heterocycles. The number of aliphatic carboxylic acids is 2. The third-order valence-corrected chi connectivity index (χ3v) is 4.21. The number of Topliss-reactive ketones (excluding diaryl/α,β-unsaturated/α-hetero) is 1. The minimum atomic E-state index is -1.02. The Balaban J connectivity index is 3.88. The molecule has 9 heteroatoms. The van der Waals surface area contributed by atoms with Gasteiger partial charge in [0.25, 0.3) is 0 Å². The molecule has 0 aromatic carbocycles. The maximum absolute atomic E-state index is 11.5. The van der Waals surface area contributed by atoms with Crippen LogP contribution in [0.2, 0.25) is 5.32 Å². The molecule has 0 unspecified atom stereocenters. The number of nitrogens with two attached hydrogens (primary N) is 1. The van der Waals surface area contributed by atoms with Gasteiger partial charge in [-0.1, -0.05) is 0 Å². The zero-order valence-electron chi connectivity index (χ0n) is 9.54. The molecule has 0 spiro atoms. The normalized spacial score (nSPS) is 13.9. The summed E-state index contributed by atoms with van der Waals surface area (Å²) >= 11 is 3.48. The topological polar surface area (TPSA) is 130 Å². The maximum atomic E-state index is 11.5. The van der Waals surface area contributed by atoms with Crippen molar-refractivity contribution >= 4 is 45.5 Å². The fourth-order valence-corrected chi connectivity index (χ4v) is 3.18. The number of ketones is 1. The van der Waals surface area contributed by atoms with Crippen LogP contribution in [0.4, 0.5) is 0 Å². The SMILES string of the molecule is N[C@@H](CCC(=O)O)C(=O)C[Se]N[C@@H](CS)C(=O)O. The van der Waals surface area contributed by atoms with Crippen LogP contribution in [-0.2, 0) is 14.4 Å². The predicted octanol–water partition coefficient (Wildman–Crippen LogP) is -1.24. The molecule has 5 N–H and O–H groups in total. The molecule has 0 aliphatic carbocycles. The first-order chi connectivity index (χ1) is 8.38. The van der Waals surface area contributed by atoms with E-state index in [2.05, 4.69) is 17.0 Å².